The standard InChI is InChI=1S/C14H11NO5S/c1-10-2-5-12(6-3-10)21(19,20)14-7-4-11(9-16)8-13(14)15(17)18/h2-9H,1H3. The summed E-state index contributed by atoms with van der Waals surface area (Å²) in [7, 11) is -4.01. The molecule has 0 aliphatic heterocycles. The zero-order chi connectivity index (χ0) is 15.6. The first-order valence-corrected chi connectivity index (χ1v) is 7.40. The normalized spacial score (nSPS) is 11.1. The molecule has 0 N–H and O–H groups in total. The summed E-state index contributed by atoms with van der Waals surface area (Å²) in [5.41, 5.74) is 0.310. The minimum atomic E-state index is -4.01. The van der Waals surface area contributed by atoms with Gasteiger partial charge in [0.05, 0.1) is 9.82 Å². The van der Waals surface area contributed by atoms with Crippen molar-refractivity contribution in [2.75, 3.05) is 0 Å². The van der Waals surface area contributed by atoms with Gasteiger partial charge in [0.25, 0.3) is 5.69 Å². The van der Waals surface area contributed by atoms with Crippen molar-refractivity contribution in [3.8, 4) is 0 Å². The summed E-state index contributed by atoms with van der Waals surface area (Å²) < 4.78 is 25.0. The highest BCUT2D eigenvalue weighted by Crippen LogP contribution is 2.30. The highest BCUT2D eigenvalue weighted by atomic mass is 32.2. The van der Waals surface area contributed by atoms with Gasteiger partial charge in [-0.1, -0.05) is 17.7 Å². The van der Waals surface area contributed by atoms with Crippen LogP contribution in [-0.4, -0.2) is 19.6 Å². The van der Waals surface area contributed by atoms with Crippen LogP contribution in [0, 0.1) is 17.0 Å². The fourth-order valence-corrected chi connectivity index (χ4v) is 3.23. The Kier molecular flexibility index (Phi) is 3.86. The highest BCUT2D eigenvalue weighted by Gasteiger charge is 2.27. The Morgan fingerprint density at radius 3 is 2.24 bits per heavy atom. The molecule has 2 aromatic rings. The topological polar surface area (TPSA) is 94.3 Å². The molecular weight excluding hydrogens is 294 g/mol. The predicted octanol–water partition coefficient (Wildman–Crippen LogP) is 2.55. The van der Waals surface area contributed by atoms with E-state index in [9.17, 15) is 23.3 Å². The maximum Gasteiger partial charge on any atom is 0.289 e. The van der Waals surface area contributed by atoms with Gasteiger partial charge in [0, 0.05) is 11.6 Å². The van der Waals surface area contributed by atoms with Crippen LogP contribution in [0.5, 0.6) is 0 Å². The lowest BCUT2D eigenvalue weighted by Gasteiger charge is -2.06. The summed E-state index contributed by atoms with van der Waals surface area (Å²) in [6.07, 6.45) is 0.426. The van der Waals surface area contributed by atoms with Gasteiger partial charge in [-0.2, -0.15) is 0 Å². The van der Waals surface area contributed by atoms with Crippen molar-refractivity contribution in [2.24, 2.45) is 0 Å². The van der Waals surface area contributed by atoms with E-state index in [0.29, 0.717) is 6.29 Å². The number of nitro groups is 1. The third kappa shape index (κ3) is 2.82. The van der Waals surface area contributed by atoms with E-state index >= 15 is 0 Å². The van der Waals surface area contributed by atoms with Crippen LogP contribution in [0.2, 0.25) is 0 Å². The van der Waals surface area contributed by atoms with Gasteiger partial charge in [-0.25, -0.2) is 8.42 Å². The number of benzene rings is 2. The van der Waals surface area contributed by atoms with E-state index in [-0.39, 0.29) is 10.5 Å². The summed E-state index contributed by atoms with van der Waals surface area (Å²) in [6.45, 7) is 1.80. The minimum Gasteiger partial charge on any atom is -0.298 e. The zero-order valence-corrected chi connectivity index (χ0v) is 11.8. The first kappa shape index (κ1) is 14.9. The van der Waals surface area contributed by atoms with Crippen LogP contribution in [0.15, 0.2) is 52.3 Å². The molecule has 0 aliphatic rings. The fourth-order valence-electron chi connectivity index (χ4n) is 1.82. The highest BCUT2D eigenvalue weighted by molar-refractivity contribution is 7.91. The SMILES string of the molecule is Cc1ccc(S(=O)(=O)c2ccc(C=O)cc2[N+](=O)[O-])cc1. The van der Waals surface area contributed by atoms with Gasteiger partial charge in [0.15, 0.2) is 0 Å². The van der Waals surface area contributed by atoms with Gasteiger partial charge < -0.3 is 0 Å². The molecule has 0 bridgehead atoms. The zero-order valence-electron chi connectivity index (χ0n) is 11.0. The van der Waals surface area contributed by atoms with Crippen molar-refractivity contribution in [3.05, 3.63) is 63.7 Å². The van der Waals surface area contributed by atoms with E-state index in [4.69, 9.17) is 0 Å². The molecule has 0 amide bonds. The third-order valence-electron chi connectivity index (χ3n) is 2.94. The number of carbonyl (C=O) groups excluding carboxylic acids is 1. The molecule has 7 heteroatoms. The lowest BCUT2D eigenvalue weighted by atomic mass is 10.2. The maximum absolute atomic E-state index is 12.5. The molecule has 0 unspecified atom stereocenters. The molecule has 2 rings (SSSR count). The molecule has 21 heavy (non-hydrogen) atoms. The Bertz CT molecular complexity index is 810. The molecule has 0 saturated carbocycles. The van der Waals surface area contributed by atoms with Gasteiger partial charge in [0.2, 0.25) is 9.84 Å². The Morgan fingerprint density at radius 2 is 1.71 bits per heavy atom. The smallest absolute Gasteiger partial charge is 0.289 e. The fraction of sp³-hybridized carbons (Fsp3) is 0.0714. The van der Waals surface area contributed by atoms with Crippen molar-refractivity contribution >= 4 is 21.8 Å². The number of sulfone groups is 1. The number of nitro benzene ring substituents is 1. The van der Waals surface area contributed by atoms with E-state index in [1.165, 1.54) is 18.2 Å². The number of carbonyl (C=O) groups is 1. The quantitative estimate of drug-likeness (QED) is 0.491. The van der Waals surface area contributed by atoms with Crippen LogP contribution >= 0.6 is 0 Å². The monoisotopic (exact) mass is 305 g/mol. The van der Waals surface area contributed by atoms with Gasteiger partial charge in [0.1, 0.15) is 11.2 Å². The molecule has 0 radical (unpaired) electrons. The van der Waals surface area contributed by atoms with Crippen molar-refractivity contribution in [2.45, 2.75) is 16.7 Å². The molecule has 0 aliphatic carbocycles. The third-order valence-corrected chi connectivity index (χ3v) is 4.75. The minimum absolute atomic E-state index is 0.0324. The summed E-state index contributed by atoms with van der Waals surface area (Å²) in [5, 5.41) is 11.0. The first-order valence-electron chi connectivity index (χ1n) is 5.91. The predicted molar refractivity (Wildman–Crippen MR) is 75.1 cm³/mol. The van der Waals surface area contributed by atoms with Gasteiger partial charge >= 0.3 is 0 Å². The molecular formula is C14H11NO5S. The van der Waals surface area contributed by atoms with Gasteiger partial charge in [-0.05, 0) is 31.2 Å². The van der Waals surface area contributed by atoms with E-state index in [1.807, 2.05) is 0 Å². The number of aldehydes is 1. The van der Waals surface area contributed by atoms with Crippen molar-refractivity contribution < 1.29 is 18.1 Å². The van der Waals surface area contributed by atoms with Crippen molar-refractivity contribution in [1.82, 2.24) is 0 Å². The van der Waals surface area contributed by atoms with Gasteiger partial charge in [-0.15, -0.1) is 0 Å². The lowest BCUT2D eigenvalue weighted by Crippen LogP contribution is -2.06. The average molecular weight is 305 g/mol. The number of hydrogen-bond acceptors (Lipinski definition) is 5. The Labute approximate surface area is 121 Å². The van der Waals surface area contributed by atoms with E-state index < -0.39 is 25.3 Å². The number of rotatable bonds is 4. The largest absolute Gasteiger partial charge is 0.298 e. The molecule has 6 nitrogen and oxygen atoms in total. The molecule has 2 aromatic carbocycles. The van der Waals surface area contributed by atoms with Crippen molar-refractivity contribution in [3.63, 3.8) is 0 Å². The molecule has 0 saturated heterocycles. The second kappa shape index (κ2) is 5.45. The van der Waals surface area contributed by atoms with Crippen LogP contribution in [0.4, 0.5) is 5.69 Å². The second-order valence-corrected chi connectivity index (χ2v) is 6.34. The number of nitrogens with zero attached hydrogens (tertiary/aromatic N) is 1. The second-order valence-electron chi connectivity index (χ2n) is 4.42. The lowest BCUT2D eigenvalue weighted by molar-refractivity contribution is -0.387. The van der Waals surface area contributed by atoms with Gasteiger partial charge in [-0.3, -0.25) is 14.9 Å². The molecule has 0 atom stereocenters. The Morgan fingerprint density at radius 1 is 1.10 bits per heavy atom. The van der Waals surface area contributed by atoms with Crippen LogP contribution in [0.25, 0.3) is 0 Å². The molecule has 0 spiro atoms. The van der Waals surface area contributed by atoms with Crippen LogP contribution in [0.1, 0.15) is 15.9 Å². The number of hydrogen-bond donors (Lipinski definition) is 0. The van der Waals surface area contributed by atoms with Crippen LogP contribution < -0.4 is 0 Å². The van der Waals surface area contributed by atoms with E-state index in [2.05, 4.69) is 0 Å². The van der Waals surface area contributed by atoms with Crippen LogP contribution in [-0.2, 0) is 9.84 Å². The Balaban J connectivity index is 2.67. The molecule has 108 valence electrons. The maximum atomic E-state index is 12.5. The molecule has 0 fully saturated rings. The molecule has 0 aromatic heterocycles. The average Bonchev–Trinajstić information content (AvgIpc) is 2.47. The number of aryl methyl sites for hydroxylation is 1. The first-order chi connectivity index (χ1) is 9.86. The summed E-state index contributed by atoms with van der Waals surface area (Å²) in [6, 6.07) is 9.27. The summed E-state index contributed by atoms with van der Waals surface area (Å²) in [5.74, 6) is 0. The Hall–Kier alpha value is -2.54. The van der Waals surface area contributed by atoms with Crippen molar-refractivity contribution in [1.29, 1.82) is 0 Å². The van der Waals surface area contributed by atoms with E-state index in [1.54, 1.807) is 19.1 Å². The molecule has 0 heterocycles. The summed E-state index contributed by atoms with van der Waals surface area (Å²) >= 11 is 0. The van der Waals surface area contributed by atoms with E-state index in [0.717, 1.165) is 17.7 Å². The summed E-state index contributed by atoms with van der Waals surface area (Å²) in [4.78, 5) is 20.5. The van der Waals surface area contributed by atoms with Crippen LogP contribution in [0.3, 0.4) is 0 Å².